The van der Waals surface area contributed by atoms with Crippen LogP contribution in [-0.2, 0) is 6.54 Å². The predicted octanol–water partition coefficient (Wildman–Crippen LogP) is 1.74. The molecule has 0 aliphatic heterocycles. The number of benzene rings is 1. The number of nitrogens with one attached hydrogen (secondary N) is 2. The number of nitrogens with zero attached hydrogens (tertiary/aromatic N) is 1. The minimum Gasteiger partial charge on any atom is -0.395 e. The molecule has 0 saturated heterocycles. The van der Waals surface area contributed by atoms with Crippen LogP contribution in [0, 0.1) is 5.82 Å². The Balaban J connectivity index is 2.08. The molecule has 1 aromatic heterocycles. The Hall–Kier alpha value is -2.04. The van der Waals surface area contributed by atoms with Gasteiger partial charge in [-0.2, -0.15) is 5.10 Å². The van der Waals surface area contributed by atoms with E-state index < -0.39 is 5.82 Å². The summed E-state index contributed by atoms with van der Waals surface area (Å²) in [7, 11) is 0. The van der Waals surface area contributed by atoms with Gasteiger partial charge in [-0.15, -0.1) is 0 Å². The second kappa shape index (κ2) is 4.00. The van der Waals surface area contributed by atoms with E-state index in [2.05, 4.69) is 15.5 Å². The molecule has 15 heavy (non-hydrogen) atoms. The fourth-order valence-electron chi connectivity index (χ4n) is 1.26. The van der Waals surface area contributed by atoms with Crippen molar-refractivity contribution in [2.75, 3.05) is 11.1 Å². The lowest BCUT2D eigenvalue weighted by atomic mass is 10.2. The first-order chi connectivity index (χ1) is 7.27. The van der Waals surface area contributed by atoms with E-state index in [4.69, 9.17) is 5.73 Å². The lowest BCUT2D eigenvalue weighted by molar-refractivity contribution is 0.633. The molecule has 0 amide bonds. The van der Waals surface area contributed by atoms with Crippen molar-refractivity contribution in [1.29, 1.82) is 0 Å². The molecule has 0 aliphatic rings. The second-order valence-electron chi connectivity index (χ2n) is 3.16. The first-order valence-electron chi connectivity index (χ1n) is 4.53. The van der Waals surface area contributed by atoms with Crippen LogP contribution in [0.4, 0.5) is 15.8 Å². The Kier molecular flexibility index (Phi) is 2.53. The second-order valence-corrected chi connectivity index (χ2v) is 3.16. The number of anilines is 2. The molecule has 0 saturated carbocycles. The molecule has 0 spiro atoms. The highest BCUT2D eigenvalue weighted by Gasteiger charge is 2.03. The third-order valence-electron chi connectivity index (χ3n) is 2.09. The number of para-hydroxylation sites is 1. The van der Waals surface area contributed by atoms with Gasteiger partial charge in [0.2, 0.25) is 0 Å². The highest BCUT2D eigenvalue weighted by molar-refractivity contribution is 5.66. The van der Waals surface area contributed by atoms with Crippen molar-refractivity contribution in [2.24, 2.45) is 0 Å². The lowest BCUT2D eigenvalue weighted by Gasteiger charge is -2.08. The van der Waals surface area contributed by atoms with Gasteiger partial charge in [0.25, 0.3) is 0 Å². The van der Waals surface area contributed by atoms with E-state index >= 15 is 0 Å². The zero-order valence-electron chi connectivity index (χ0n) is 8.00. The molecule has 78 valence electrons. The number of nitrogens with two attached hydrogens (primary N) is 1. The molecule has 4 nitrogen and oxygen atoms in total. The number of H-pyrrole nitrogens is 1. The van der Waals surface area contributed by atoms with Crippen LogP contribution in [0.5, 0.6) is 0 Å². The van der Waals surface area contributed by atoms with E-state index in [9.17, 15) is 4.39 Å². The van der Waals surface area contributed by atoms with Gasteiger partial charge in [-0.1, -0.05) is 6.07 Å². The number of aromatic amines is 1. The fraction of sp³-hybridized carbons (Fsp3) is 0.100. The van der Waals surface area contributed by atoms with E-state index in [1.54, 1.807) is 24.5 Å². The van der Waals surface area contributed by atoms with Gasteiger partial charge in [-0.3, -0.25) is 5.10 Å². The third-order valence-corrected chi connectivity index (χ3v) is 2.09. The maximum absolute atomic E-state index is 13.1. The van der Waals surface area contributed by atoms with Crippen LogP contribution in [0.3, 0.4) is 0 Å². The van der Waals surface area contributed by atoms with Crippen molar-refractivity contribution >= 4 is 11.4 Å². The smallest absolute Gasteiger partial charge is 0.148 e. The molecule has 2 aromatic rings. The molecule has 1 aromatic carbocycles. The normalized spacial score (nSPS) is 10.2. The summed E-state index contributed by atoms with van der Waals surface area (Å²) in [5.41, 5.74) is 7.28. The quantitative estimate of drug-likeness (QED) is 0.670. The number of nitrogen functional groups attached to an aromatic ring is 1. The average molecular weight is 206 g/mol. The van der Waals surface area contributed by atoms with Gasteiger partial charge < -0.3 is 11.1 Å². The summed E-state index contributed by atoms with van der Waals surface area (Å²) in [6.07, 6.45) is 3.46. The van der Waals surface area contributed by atoms with Crippen molar-refractivity contribution in [3.05, 3.63) is 42.0 Å². The van der Waals surface area contributed by atoms with Crippen molar-refractivity contribution in [3.63, 3.8) is 0 Å². The molecule has 0 unspecified atom stereocenters. The van der Waals surface area contributed by atoms with Gasteiger partial charge >= 0.3 is 0 Å². The molecule has 2 rings (SSSR count). The van der Waals surface area contributed by atoms with E-state index in [0.717, 1.165) is 5.56 Å². The van der Waals surface area contributed by atoms with Crippen LogP contribution >= 0.6 is 0 Å². The molecule has 1 heterocycles. The Labute approximate surface area is 86.3 Å². The van der Waals surface area contributed by atoms with Crippen LogP contribution in [0.15, 0.2) is 30.6 Å². The van der Waals surface area contributed by atoms with Crippen LogP contribution in [-0.4, -0.2) is 10.2 Å². The topological polar surface area (TPSA) is 66.7 Å². The van der Waals surface area contributed by atoms with Gasteiger partial charge in [0.05, 0.1) is 17.6 Å². The SMILES string of the molecule is Nc1c(F)cccc1NCc1cn[nH]c1. The summed E-state index contributed by atoms with van der Waals surface area (Å²) in [5.74, 6) is -0.410. The molecule has 4 N–H and O–H groups in total. The zero-order valence-corrected chi connectivity index (χ0v) is 8.00. The highest BCUT2D eigenvalue weighted by Crippen LogP contribution is 2.21. The third kappa shape index (κ3) is 2.07. The maximum atomic E-state index is 13.1. The van der Waals surface area contributed by atoms with E-state index in [0.29, 0.717) is 12.2 Å². The van der Waals surface area contributed by atoms with Crippen molar-refractivity contribution < 1.29 is 4.39 Å². The Morgan fingerprint density at radius 1 is 1.47 bits per heavy atom. The summed E-state index contributed by atoms with van der Waals surface area (Å²) >= 11 is 0. The summed E-state index contributed by atoms with van der Waals surface area (Å²) in [4.78, 5) is 0. The van der Waals surface area contributed by atoms with Crippen LogP contribution in [0.2, 0.25) is 0 Å². The zero-order chi connectivity index (χ0) is 10.7. The molecule has 0 aliphatic carbocycles. The monoisotopic (exact) mass is 206 g/mol. The van der Waals surface area contributed by atoms with Crippen molar-refractivity contribution in [2.45, 2.75) is 6.54 Å². The Morgan fingerprint density at radius 3 is 3.07 bits per heavy atom. The summed E-state index contributed by atoms with van der Waals surface area (Å²) in [6.45, 7) is 0.560. The van der Waals surface area contributed by atoms with E-state index in [-0.39, 0.29) is 5.69 Å². The summed E-state index contributed by atoms with van der Waals surface area (Å²) in [5, 5.41) is 9.53. The number of rotatable bonds is 3. The lowest BCUT2D eigenvalue weighted by Crippen LogP contribution is -2.03. The number of halogens is 1. The first kappa shape index (κ1) is 9.51. The summed E-state index contributed by atoms with van der Waals surface area (Å²) in [6, 6.07) is 4.68. The van der Waals surface area contributed by atoms with E-state index in [1.165, 1.54) is 6.07 Å². The minimum atomic E-state index is -0.410. The number of hydrogen-bond donors (Lipinski definition) is 3. The molecule has 0 atom stereocenters. The standard InChI is InChI=1S/C10H11FN4/c11-8-2-1-3-9(10(8)12)13-4-7-5-14-15-6-7/h1-3,5-6,13H,4,12H2,(H,14,15). The molecule has 5 heteroatoms. The number of hydrogen-bond acceptors (Lipinski definition) is 3. The van der Waals surface area contributed by atoms with Crippen molar-refractivity contribution in [1.82, 2.24) is 10.2 Å². The predicted molar refractivity (Wildman–Crippen MR) is 56.7 cm³/mol. The van der Waals surface area contributed by atoms with Gasteiger partial charge in [0.1, 0.15) is 5.82 Å². The van der Waals surface area contributed by atoms with Crippen LogP contribution in [0.25, 0.3) is 0 Å². The maximum Gasteiger partial charge on any atom is 0.148 e. The van der Waals surface area contributed by atoms with Gasteiger partial charge in [0, 0.05) is 18.3 Å². The fourth-order valence-corrected chi connectivity index (χ4v) is 1.26. The molecular formula is C10H11FN4. The summed E-state index contributed by atoms with van der Waals surface area (Å²) < 4.78 is 13.1. The largest absolute Gasteiger partial charge is 0.395 e. The van der Waals surface area contributed by atoms with Crippen LogP contribution < -0.4 is 11.1 Å². The van der Waals surface area contributed by atoms with Crippen LogP contribution in [0.1, 0.15) is 5.56 Å². The highest BCUT2D eigenvalue weighted by atomic mass is 19.1. The average Bonchev–Trinajstić information content (AvgIpc) is 2.73. The molecule has 0 radical (unpaired) electrons. The first-order valence-corrected chi connectivity index (χ1v) is 4.53. The molecule has 0 fully saturated rings. The van der Waals surface area contributed by atoms with E-state index in [1.807, 2.05) is 0 Å². The Morgan fingerprint density at radius 2 is 2.33 bits per heavy atom. The van der Waals surface area contributed by atoms with Gasteiger partial charge in [-0.05, 0) is 12.1 Å². The molecule has 0 bridgehead atoms. The molecular weight excluding hydrogens is 195 g/mol. The Bertz CT molecular complexity index is 439. The van der Waals surface area contributed by atoms with Gasteiger partial charge in [-0.25, -0.2) is 4.39 Å². The minimum absolute atomic E-state index is 0.140. The van der Waals surface area contributed by atoms with Crippen molar-refractivity contribution in [3.8, 4) is 0 Å². The number of aromatic nitrogens is 2. The van der Waals surface area contributed by atoms with Gasteiger partial charge in [0.15, 0.2) is 0 Å².